The Kier molecular flexibility index (Phi) is 5.38. The van der Waals surface area contributed by atoms with Crippen molar-refractivity contribution in [1.82, 2.24) is 10.3 Å². The van der Waals surface area contributed by atoms with Crippen LogP contribution in [0.25, 0.3) is 10.2 Å². The molecule has 0 spiro atoms. The summed E-state index contributed by atoms with van der Waals surface area (Å²) in [5.41, 5.74) is 0.861. The topological polar surface area (TPSA) is 62.2 Å². The van der Waals surface area contributed by atoms with Crippen molar-refractivity contribution in [2.45, 2.75) is 18.8 Å². The first-order valence-corrected chi connectivity index (χ1v) is 9.25. The van der Waals surface area contributed by atoms with Crippen LogP contribution in [0.2, 0.25) is 0 Å². The van der Waals surface area contributed by atoms with Crippen molar-refractivity contribution < 1.29 is 9.90 Å². The molecule has 23 heavy (non-hydrogen) atoms. The number of nitrogens with one attached hydrogen (secondary N) is 1. The minimum Gasteiger partial charge on any atom is -0.396 e. The fraction of sp³-hybridized carbons (Fsp3) is 0.294. The summed E-state index contributed by atoms with van der Waals surface area (Å²) in [4.78, 5) is 17.9. The van der Waals surface area contributed by atoms with Crippen molar-refractivity contribution in [1.29, 1.82) is 0 Å². The van der Waals surface area contributed by atoms with E-state index in [1.54, 1.807) is 11.3 Å². The first-order chi connectivity index (χ1) is 11.3. The molecule has 3 rings (SSSR count). The predicted octanol–water partition coefficient (Wildman–Crippen LogP) is 3.64. The number of aromatic nitrogens is 1. The van der Waals surface area contributed by atoms with Crippen molar-refractivity contribution in [3.63, 3.8) is 0 Å². The highest BCUT2D eigenvalue weighted by molar-refractivity contribution is 7.20. The zero-order valence-corrected chi connectivity index (χ0v) is 14.2. The second-order valence-electron chi connectivity index (χ2n) is 5.26. The fourth-order valence-electron chi connectivity index (χ4n) is 2.51. The lowest BCUT2D eigenvalue weighted by Gasteiger charge is -2.14. The summed E-state index contributed by atoms with van der Waals surface area (Å²) < 4.78 is 1.02. The highest BCUT2D eigenvalue weighted by Crippen LogP contribution is 2.27. The monoisotopic (exact) mass is 346 g/mol. The Bertz CT molecular complexity index is 735. The van der Waals surface area contributed by atoms with E-state index < -0.39 is 0 Å². The Morgan fingerprint density at radius 3 is 2.83 bits per heavy atom. The second kappa shape index (κ2) is 7.68. The van der Waals surface area contributed by atoms with Crippen LogP contribution >= 0.6 is 22.7 Å². The Morgan fingerprint density at radius 1 is 1.22 bits per heavy atom. The van der Waals surface area contributed by atoms with Gasteiger partial charge in [-0.3, -0.25) is 4.79 Å². The van der Waals surface area contributed by atoms with Gasteiger partial charge in [0.15, 0.2) is 5.01 Å². The van der Waals surface area contributed by atoms with Crippen LogP contribution in [-0.4, -0.2) is 29.1 Å². The number of fused-ring (bicyclic) bond motifs is 1. The maximum absolute atomic E-state index is 12.2. The van der Waals surface area contributed by atoms with Gasteiger partial charge >= 0.3 is 0 Å². The normalized spacial score (nSPS) is 12.4. The smallest absolute Gasteiger partial charge is 0.280 e. The van der Waals surface area contributed by atoms with E-state index in [1.165, 1.54) is 16.2 Å². The van der Waals surface area contributed by atoms with Gasteiger partial charge in [0.2, 0.25) is 0 Å². The van der Waals surface area contributed by atoms with Gasteiger partial charge in [0.25, 0.3) is 5.91 Å². The number of carbonyl (C=O) groups excluding carboxylic acids is 1. The van der Waals surface area contributed by atoms with Crippen molar-refractivity contribution in [3.8, 4) is 0 Å². The van der Waals surface area contributed by atoms with Gasteiger partial charge in [-0.05, 0) is 42.3 Å². The van der Waals surface area contributed by atoms with E-state index in [0.29, 0.717) is 11.6 Å². The van der Waals surface area contributed by atoms with E-state index in [9.17, 15) is 9.90 Å². The van der Waals surface area contributed by atoms with E-state index in [4.69, 9.17) is 0 Å². The molecule has 2 N–H and O–H groups in total. The molecule has 120 valence electrons. The lowest BCUT2D eigenvalue weighted by Crippen LogP contribution is -2.25. The summed E-state index contributed by atoms with van der Waals surface area (Å²) in [5, 5.41) is 14.7. The van der Waals surface area contributed by atoms with Crippen LogP contribution in [0.5, 0.6) is 0 Å². The van der Waals surface area contributed by atoms with Crippen LogP contribution in [0.4, 0.5) is 0 Å². The zero-order chi connectivity index (χ0) is 16.1. The molecule has 1 amide bonds. The summed E-state index contributed by atoms with van der Waals surface area (Å²) in [6.07, 6.45) is 1.54. The molecule has 0 bridgehead atoms. The number of carbonyl (C=O) groups is 1. The van der Waals surface area contributed by atoms with E-state index in [-0.39, 0.29) is 18.4 Å². The number of hydrogen-bond donors (Lipinski definition) is 2. The van der Waals surface area contributed by atoms with Crippen molar-refractivity contribution in [2.75, 3.05) is 13.2 Å². The zero-order valence-electron chi connectivity index (χ0n) is 12.6. The van der Waals surface area contributed by atoms with Gasteiger partial charge in [-0.1, -0.05) is 18.2 Å². The third-order valence-electron chi connectivity index (χ3n) is 3.69. The predicted molar refractivity (Wildman–Crippen MR) is 95.3 cm³/mol. The molecular weight excluding hydrogens is 328 g/mol. The average molecular weight is 346 g/mol. The summed E-state index contributed by atoms with van der Waals surface area (Å²) >= 11 is 3.11. The number of aliphatic hydroxyl groups is 1. The number of thiazole rings is 1. The van der Waals surface area contributed by atoms with Crippen LogP contribution in [0.3, 0.4) is 0 Å². The number of amides is 1. The van der Waals surface area contributed by atoms with E-state index >= 15 is 0 Å². The number of hydrogen-bond acceptors (Lipinski definition) is 5. The van der Waals surface area contributed by atoms with Crippen LogP contribution in [0.1, 0.15) is 33.4 Å². The molecule has 1 aromatic carbocycles. The largest absolute Gasteiger partial charge is 0.396 e. The number of aliphatic hydroxyl groups excluding tert-OH is 1. The molecule has 0 unspecified atom stereocenters. The Morgan fingerprint density at radius 2 is 2.09 bits per heavy atom. The van der Waals surface area contributed by atoms with Gasteiger partial charge in [-0.2, -0.15) is 0 Å². The fourth-order valence-corrected chi connectivity index (χ4v) is 4.29. The maximum atomic E-state index is 12.2. The number of para-hydroxylation sites is 1. The number of rotatable bonds is 7. The molecule has 0 saturated heterocycles. The minimum atomic E-state index is -0.125. The number of benzene rings is 1. The quantitative estimate of drug-likeness (QED) is 0.686. The summed E-state index contributed by atoms with van der Waals surface area (Å²) in [5.74, 6) is 0.163. The Hall–Kier alpha value is -1.76. The van der Waals surface area contributed by atoms with E-state index in [0.717, 1.165) is 23.1 Å². The summed E-state index contributed by atoms with van der Waals surface area (Å²) in [7, 11) is 0. The molecule has 0 fully saturated rings. The Labute approximate surface area is 142 Å². The lowest BCUT2D eigenvalue weighted by atomic mass is 10.00. The molecule has 0 aliphatic rings. The van der Waals surface area contributed by atoms with Crippen molar-refractivity contribution in [3.05, 3.63) is 51.7 Å². The van der Waals surface area contributed by atoms with Gasteiger partial charge in [0.1, 0.15) is 0 Å². The SMILES string of the molecule is O=C(NCC[C@@H](CCO)c1cccs1)c1nc2ccccc2s1. The first-order valence-electron chi connectivity index (χ1n) is 7.56. The molecule has 2 heterocycles. The Balaban J connectivity index is 1.57. The molecule has 0 aliphatic carbocycles. The summed E-state index contributed by atoms with van der Waals surface area (Å²) in [6, 6.07) is 11.9. The highest BCUT2D eigenvalue weighted by Gasteiger charge is 2.15. The molecule has 2 aromatic heterocycles. The van der Waals surface area contributed by atoms with Crippen LogP contribution in [-0.2, 0) is 0 Å². The number of nitrogens with zero attached hydrogens (tertiary/aromatic N) is 1. The average Bonchev–Trinajstić information content (AvgIpc) is 3.23. The van der Waals surface area contributed by atoms with E-state index in [2.05, 4.69) is 16.4 Å². The maximum Gasteiger partial charge on any atom is 0.280 e. The molecule has 3 aromatic rings. The molecule has 0 saturated carbocycles. The van der Waals surface area contributed by atoms with Crippen molar-refractivity contribution >= 4 is 38.8 Å². The first kappa shape index (κ1) is 16.1. The third-order valence-corrected chi connectivity index (χ3v) is 5.76. The molecule has 0 radical (unpaired) electrons. The summed E-state index contributed by atoms with van der Waals surface area (Å²) in [6.45, 7) is 0.742. The molecule has 6 heteroatoms. The van der Waals surface area contributed by atoms with Gasteiger partial charge in [0, 0.05) is 18.0 Å². The molecule has 0 aliphatic heterocycles. The third kappa shape index (κ3) is 3.96. The van der Waals surface area contributed by atoms with Crippen molar-refractivity contribution in [2.24, 2.45) is 0 Å². The molecule has 1 atom stereocenters. The van der Waals surface area contributed by atoms with Gasteiger partial charge in [-0.25, -0.2) is 4.98 Å². The number of thiophene rings is 1. The second-order valence-corrected chi connectivity index (χ2v) is 7.27. The van der Waals surface area contributed by atoms with Gasteiger partial charge in [0.05, 0.1) is 10.2 Å². The highest BCUT2D eigenvalue weighted by atomic mass is 32.1. The van der Waals surface area contributed by atoms with E-state index in [1.807, 2.05) is 35.7 Å². The van der Waals surface area contributed by atoms with Gasteiger partial charge in [-0.15, -0.1) is 22.7 Å². The standard InChI is InChI=1S/C17H18N2O2S2/c20-10-8-12(14-6-3-11-22-14)7-9-18-16(21)17-19-13-4-1-2-5-15(13)23-17/h1-6,11-12,20H,7-10H2,(H,18,21)/t12-/m0/s1. The van der Waals surface area contributed by atoms with Gasteiger partial charge < -0.3 is 10.4 Å². The lowest BCUT2D eigenvalue weighted by molar-refractivity contribution is 0.0952. The van der Waals surface area contributed by atoms with Crippen LogP contribution < -0.4 is 5.32 Å². The van der Waals surface area contributed by atoms with Crippen LogP contribution in [0, 0.1) is 0 Å². The van der Waals surface area contributed by atoms with Crippen LogP contribution in [0.15, 0.2) is 41.8 Å². The molecule has 4 nitrogen and oxygen atoms in total. The minimum absolute atomic E-state index is 0.125. The molecular formula is C17H18N2O2S2.